The van der Waals surface area contributed by atoms with Crippen LogP contribution in [0, 0.1) is 11.8 Å². The van der Waals surface area contributed by atoms with Crippen LogP contribution in [0.1, 0.15) is 33.6 Å². The van der Waals surface area contributed by atoms with E-state index in [0.29, 0.717) is 12.1 Å². The van der Waals surface area contributed by atoms with Crippen molar-refractivity contribution >= 4 is 0 Å². The Labute approximate surface area is 82.0 Å². The van der Waals surface area contributed by atoms with Gasteiger partial charge < -0.3 is 10.1 Å². The van der Waals surface area contributed by atoms with Gasteiger partial charge in [0.2, 0.25) is 0 Å². The second-order valence-electron chi connectivity index (χ2n) is 4.34. The summed E-state index contributed by atoms with van der Waals surface area (Å²) in [5, 5.41) is 3.44. The molecule has 1 fully saturated rings. The third-order valence-corrected chi connectivity index (χ3v) is 3.33. The van der Waals surface area contributed by atoms with E-state index < -0.39 is 0 Å². The Balaban J connectivity index is 2.46. The Bertz CT molecular complexity index is 149. The standard InChI is InChI=1S/C11H23NO/c1-5-8(2)11(12-4)10-6-9(3)13-7-10/h8-12H,5-7H2,1-4H3. The average molecular weight is 185 g/mol. The van der Waals surface area contributed by atoms with Gasteiger partial charge in [0.15, 0.2) is 0 Å². The van der Waals surface area contributed by atoms with Crippen LogP contribution in [0.5, 0.6) is 0 Å². The van der Waals surface area contributed by atoms with Crippen LogP contribution in [0.4, 0.5) is 0 Å². The maximum atomic E-state index is 5.60. The van der Waals surface area contributed by atoms with Crippen LogP contribution in [0.15, 0.2) is 0 Å². The van der Waals surface area contributed by atoms with E-state index in [0.717, 1.165) is 18.4 Å². The van der Waals surface area contributed by atoms with E-state index in [1.165, 1.54) is 12.8 Å². The minimum Gasteiger partial charge on any atom is -0.378 e. The van der Waals surface area contributed by atoms with Crippen LogP contribution < -0.4 is 5.32 Å². The zero-order chi connectivity index (χ0) is 9.84. The fourth-order valence-electron chi connectivity index (χ4n) is 2.34. The van der Waals surface area contributed by atoms with Gasteiger partial charge in [-0.3, -0.25) is 0 Å². The van der Waals surface area contributed by atoms with Crippen molar-refractivity contribution in [2.75, 3.05) is 13.7 Å². The molecular formula is C11H23NO. The molecule has 1 heterocycles. The normalized spacial score (nSPS) is 33.2. The summed E-state index contributed by atoms with van der Waals surface area (Å²) in [6.45, 7) is 7.69. The van der Waals surface area contributed by atoms with E-state index in [9.17, 15) is 0 Å². The van der Waals surface area contributed by atoms with Crippen molar-refractivity contribution in [1.29, 1.82) is 0 Å². The fourth-order valence-corrected chi connectivity index (χ4v) is 2.34. The van der Waals surface area contributed by atoms with E-state index in [1.54, 1.807) is 0 Å². The lowest BCUT2D eigenvalue weighted by atomic mass is 9.86. The molecule has 1 rings (SSSR count). The third kappa shape index (κ3) is 2.68. The monoisotopic (exact) mass is 185 g/mol. The van der Waals surface area contributed by atoms with Crippen molar-refractivity contribution < 1.29 is 4.74 Å². The molecule has 0 aromatic heterocycles. The Morgan fingerprint density at radius 1 is 1.54 bits per heavy atom. The smallest absolute Gasteiger partial charge is 0.0551 e. The first-order valence-electron chi connectivity index (χ1n) is 5.47. The molecule has 13 heavy (non-hydrogen) atoms. The summed E-state index contributed by atoms with van der Waals surface area (Å²) in [5.74, 6) is 1.47. The maximum absolute atomic E-state index is 5.60. The summed E-state index contributed by atoms with van der Waals surface area (Å²) >= 11 is 0. The van der Waals surface area contributed by atoms with E-state index in [1.807, 2.05) is 0 Å². The minimum absolute atomic E-state index is 0.463. The molecule has 0 aromatic carbocycles. The summed E-state index contributed by atoms with van der Waals surface area (Å²) in [7, 11) is 2.07. The summed E-state index contributed by atoms with van der Waals surface area (Å²) in [5.41, 5.74) is 0. The third-order valence-electron chi connectivity index (χ3n) is 3.33. The van der Waals surface area contributed by atoms with E-state index >= 15 is 0 Å². The Morgan fingerprint density at radius 2 is 2.23 bits per heavy atom. The van der Waals surface area contributed by atoms with Crippen molar-refractivity contribution in [1.82, 2.24) is 5.32 Å². The van der Waals surface area contributed by atoms with Crippen LogP contribution in [0.25, 0.3) is 0 Å². The van der Waals surface area contributed by atoms with Crippen LogP contribution >= 0.6 is 0 Å². The SMILES string of the molecule is CCC(C)C(NC)C1COC(C)C1. The molecule has 0 aromatic rings. The second-order valence-corrected chi connectivity index (χ2v) is 4.34. The molecule has 2 nitrogen and oxygen atoms in total. The first-order valence-corrected chi connectivity index (χ1v) is 5.47. The van der Waals surface area contributed by atoms with Crippen molar-refractivity contribution in [2.24, 2.45) is 11.8 Å². The highest BCUT2D eigenvalue weighted by Crippen LogP contribution is 2.26. The highest BCUT2D eigenvalue weighted by molar-refractivity contribution is 4.84. The lowest BCUT2D eigenvalue weighted by Crippen LogP contribution is -2.39. The molecule has 1 aliphatic heterocycles. The zero-order valence-electron chi connectivity index (χ0n) is 9.34. The summed E-state index contributed by atoms with van der Waals surface area (Å²) in [6, 6.07) is 0.634. The van der Waals surface area contributed by atoms with E-state index in [4.69, 9.17) is 4.74 Å². The van der Waals surface area contributed by atoms with Gasteiger partial charge in [-0.05, 0) is 26.3 Å². The molecule has 0 bridgehead atoms. The second kappa shape index (κ2) is 4.97. The molecule has 0 amide bonds. The largest absolute Gasteiger partial charge is 0.378 e. The topological polar surface area (TPSA) is 21.3 Å². The molecular weight excluding hydrogens is 162 g/mol. The molecule has 2 heteroatoms. The number of hydrogen-bond acceptors (Lipinski definition) is 2. The van der Waals surface area contributed by atoms with Gasteiger partial charge in [0.1, 0.15) is 0 Å². The fraction of sp³-hybridized carbons (Fsp3) is 1.00. The number of rotatable bonds is 4. The van der Waals surface area contributed by atoms with Crippen molar-refractivity contribution in [2.45, 2.75) is 45.8 Å². The molecule has 0 spiro atoms. The number of nitrogens with one attached hydrogen (secondary N) is 1. The van der Waals surface area contributed by atoms with Crippen molar-refractivity contribution in [3.8, 4) is 0 Å². The molecule has 0 saturated carbocycles. The predicted octanol–water partition coefficient (Wildman–Crippen LogP) is 2.05. The highest BCUT2D eigenvalue weighted by atomic mass is 16.5. The molecule has 0 aliphatic carbocycles. The van der Waals surface area contributed by atoms with E-state index in [-0.39, 0.29) is 0 Å². The maximum Gasteiger partial charge on any atom is 0.0551 e. The molecule has 1 aliphatic rings. The minimum atomic E-state index is 0.463. The van der Waals surface area contributed by atoms with Crippen LogP contribution in [-0.2, 0) is 4.74 Å². The molecule has 78 valence electrons. The lowest BCUT2D eigenvalue weighted by Gasteiger charge is -2.27. The Morgan fingerprint density at radius 3 is 2.62 bits per heavy atom. The quantitative estimate of drug-likeness (QED) is 0.723. The summed E-state index contributed by atoms with van der Waals surface area (Å²) < 4.78 is 5.60. The summed E-state index contributed by atoms with van der Waals surface area (Å²) in [4.78, 5) is 0. The Hall–Kier alpha value is -0.0800. The Kier molecular flexibility index (Phi) is 4.20. The molecule has 4 unspecified atom stereocenters. The van der Waals surface area contributed by atoms with Gasteiger partial charge in [-0.1, -0.05) is 20.3 Å². The molecule has 4 atom stereocenters. The van der Waals surface area contributed by atoms with Gasteiger partial charge in [-0.2, -0.15) is 0 Å². The number of ether oxygens (including phenoxy) is 1. The van der Waals surface area contributed by atoms with Crippen LogP contribution in [-0.4, -0.2) is 25.8 Å². The first kappa shape index (κ1) is 11.0. The van der Waals surface area contributed by atoms with Crippen molar-refractivity contribution in [3.63, 3.8) is 0 Å². The summed E-state index contributed by atoms with van der Waals surface area (Å²) in [6.07, 6.45) is 2.93. The van der Waals surface area contributed by atoms with Gasteiger partial charge in [0, 0.05) is 12.0 Å². The van der Waals surface area contributed by atoms with Crippen molar-refractivity contribution in [3.05, 3.63) is 0 Å². The zero-order valence-corrected chi connectivity index (χ0v) is 9.34. The van der Waals surface area contributed by atoms with Gasteiger partial charge >= 0.3 is 0 Å². The van der Waals surface area contributed by atoms with Gasteiger partial charge in [-0.25, -0.2) is 0 Å². The van der Waals surface area contributed by atoms with Gasteiger partial charge in [0.25, 0.3) is 0 Å². The molecule has 0 radical (unpaired) electrons. The van der Waals surface area contributed by atoms with Crippen LogP contribution in [0.2, 0.25) is 0 Å². The molecule has 1 N–H and O–H groups in total. The first-order chi connectivity index (χ1) is 6.19. The lowest BCUT2D eigenvalue weighted by molar-refractivity contribution is 0.114. The highest BCUT2D eigenvalue weighted by Gasteiger charge is 2.30. The predicted molar refractivity (Wildman–Crippen MR) is 55.8 cm³/mol. The van der Waals surface area contributed by atoms with Gasteiger partial charge in [-0.15, -0.1) is 0 Å². The van der Waals surface area contributed by atoms with E-state index in [2.05, 4.69) is 33.1 Å². The van der Waals surface area contributed by atoms with Crippen LogP contribution in [0.3, 0.4) is 0 Å². The van der Waals surface area contributed by atoms with Gasteiger partial charge in [0.05, 0.1) is 12.7 Å². The number of hydrogen-bond donors (Lipinski definition) is 1. The molecule has 1 saturated heterocycles. The average Bonchev–Trinajstić information content (AvgIpc) is 2.53.